The highest BCUT2D eigenvalue weighted by Gasteiger charge is 2.12. The lowest BCUT2D eigenvalue weighted by Gasteiger charge is -2.05. The first-order chi connectivity index (χ1) is 8.41. The van der Waals surface area contributed by atoms with Crippen molar-refractivity contribution in [3.63, 3.8) is 0 Å². The molecule has 7 nitrogen and oxygen atoms in total. The van der Waals surface area contributed by atoms with E-state index in [1.54, 1.807) is 6.92 Å². The molecule has 1 amide bonds. The molecule has 0 fully saturated rings. The van der Waals surface area contributed by atoms with Crippen LogP contribution in [0.2, 0.25) is 0 Å². The highest BCUT2D eigenvalue weighted by atomic mass is 16.5. The third-order valence-corrected chi connectivity index (χ3v) is 2.42. The molecule has 18 heavy (non-hydrogen) atoms. The summed E-state index contributed by atoms with van der Waals surface area (Å²) in [7, 11) is 0. The number of carbonyl (C=O) groups excluding carboxylic acids is 1. The predicted molar refractivity (Wildman–Crippen MR) is 61.8 cm³/mol. The molecule has 1 heterocycles. The largest absolute Gasteiger partial charge is 0.478 e. The second-order valence-corrected chi connectivity index (χ2v) is 3.80. The predicted octanol–water partition coefficient (Wildman–Crippen LogP) is 0.458. The molecular weight excluding hydrogens is 238 g/mol. The van der Waals surface area contributed by atoms with E-state index in [0.717, 1.165) is 0 Å². The van der Waals surface area contributed by atoms with Crippen LogP contribution < -0.4 is 5.32 Å². The normalized spacial score (nSPS) is 11.9. The summed E-state index contributed by atoms with van der Waals surface area (Å²) < 4.78 is 4.87. The van der Waals surface area contributed by atoms with E-state index in [-0.39, 0.29) is 11.1 Å². The summed E-state index contributed by atoms with van der Waals surface area (Å²) in [4.78, 5) is 26.2. The summed E-state index contributed by atoms with van der Waals surface area (Å²) in [6.45, 7) is 4.87. The molecule has 1 aromatic heterocycles. The van der Waals surface area contributed by atoms with Crippen molar-refractivity contribution in [3.05, 3.63) is 22.9 Å². The van der Waals surface area contributed by atoms with Gasteiger partial charge in [-0.3, -0.25) is 4.79 Å². The van der Waals surface area contributed by atoms with Crippen molar-refractivity contribution in [2.45, 2.75) is 27.2 Å². The van der Waals surface area contributed by atoms with Crippen molar-refractivity contribution in [3.8, 4) is 0 Å². The number of aryl methyl sites for hydroxylation is 1. The number of carbonyl (C=O) groups is 2. The van der Waals surface area contributed by atoms with E-state index in [4.69, 9.17) is 9.63 Å². The SMILES string of the molecule is CC(C(=O)O)=C(C)C(=O)NCCc1nc(C)no1. The molecule has 0 radical (unpaired) electrons. The van der Waals surface area contributed by atoms with Crippen LogP contribution >= 0.6 is 0 Å². The lowest BCUT2D eigenvalue weighted by atomic mass is 10.1. The fourth-order valence-electron chi connectivity index (χ4n) is 1.19. The maximum absolute atomic E-state index is 11.6. The summed E-state index contributed by atoms with van der Waals surface area (Å²) in [6.07, 6.45) is 0.409. The van der Waals surface area contributed by atoms with E-state index in [9.17, 15) is 9.59 Å². The molecule has 0 aliphatic heterocycles. The molecule has 98 valence electrons. The Balaban J connectivity index is 2.47. The van der Waals surface area contributed by atoms with Crippen LogP contribution in [0.1, 0.15) is 25.6 Å². The summed E-state index contributed by atoms with van der Waals surface area (Å²) in [5, 5.41) is 14.9. The minimum absolute atomic E-state index is 0.0288. The van der Waals surface area contributed by atoms with Crippen LogP contribution in [0.3, 0.4) is 0 Å². The quantitative estimate of drug-likeness (QED) is 0.738. The van der Waals surface area contributed by atoms with E-state index in [1.807, 2.05) is 0 Å². The molecule has 0 saturated carbocycles. The lowest BCUT2D eigenvalue weighted by molar-refractivity contribution is -0.133. The van der Waals surface area contributed by atoms with Crippen LogP contribution in [-0.4, -0.2) is 33.7 Å². The molecule has 0 saturated heterocycles. The molecule has 0 unspecified atom stereocenters. The summed E-state index contributed by atoms with van der Waals surface area (Å²) >= 11 is 0. The molecule has 0 aliphatic carbocycles. The fraction of sp³-hybridized carbons (Fsp3) is 0.455. The standard InChI is InChI=1S/C11H15N3O4/c1-6(7(2)11(16)17)10(15)12-5-4-9-13-8(3)14-18-9/h4-5H2,1-3H3,(H,12,15)(H,16,17). The number of aromatic nitrogens is 2. The van der Waals surface area contributed by atoms with Crippen molar-refractivity contribution in [2.24, 2.45) is 0 Å². The highest BCUT2D eigenvalue weighted by molar-refractivity contribution is 6.01. The number of carboxylic acids is 1. The third-order valence-electron chi connectivity index (χ3n) is 2.42. The maximum atomic E-state index is 11.6. The van der Waals surface area contributed by atoms with Gasteiger partial charge in [0.05, 0.1) is 0 Å². The Hall–Kier alpha value is -2.18. The van der Waals surface area contributed by atoms with Gasteiger partial charge in [-0.15, -0.1) is 0 Å². The number of nitrogens with zero attached hydrogens (tertiary/aromatic N) is 2. The second-order valence-electron chi connectivity index (χ2n) is 3.80. The lowest BCUT2D eigenvalue weighted by Crippen LogP contribution is -2.27. The van der Waals surface area contributed by atoms with Gasteiger partial charge < -0.3 is 14.9 Å². The van der Waals surface area contributed by atoms with Gasteiger partial charge in [0.2, 0.25) is 11.8 Å². The Morgan fingerprint density at radius 2 is 2.00 bits per heavy atom. The number of aliphatic carboxylic acids is 1. The van der Waals surface area contributed by atoms with Crippen LogP contribution in [0, 0.1) is 6.92 Å². The molecule has 0 atom stereocenters. The van der Waals surface area contributed by atoms with Crippen LogP contribution in [-0.2, 0) is 16.0 Å². The van der Waals surface area contributed by atoms with Crippen LogP contribution in [0.25, 0.3) is 0 Å². The Morgan fingerprint density at radius 1 is 1.33 bits per heavy atom. The van der Waals surface area contributed by atoms with Gasteiger partial charge in [-0.25, -0.2) is 4.79 Å². The van der Waals surface area contributed by atoms with Gasteiger partial charge in [-0.2, -0.15) is 4.98 Å². The zero-order chi connectivity index (χ0) is 13.7. The molecular formula is C11H15N3O4. The molecule has 2 N–H and O–H groups in total. The number of amides is 1. The third kappa shape index (κ3) is 3.69. The van der Waals surface area contributed by atoms with E-state index in [2.05, 4.69) is 15.5 Å². The van der Waals surface area contributed by atoms with E-state index in [0.29, 0.717) is 24.7 Å². The number of nitrogens with one attached hydrogen (secondary N) is 1. The van der Waals surface area contributed by atoms with Gasteiger partial charge in [0.25, 0.3) is 0 Å². The average molecular weight is 253 g/mol. The van der Waals surface area contributed by atoms with Gasteiger partial charge in [0.15, 0.2) is 5.82 Å². The number of rotatable bonds is 5. The van der Waals surface area contributed by atoms with Crippen LogP contribution in [0.15, 0.2) is 15.7 Å². The second kappa shape index (κ2) is 5.95. The first-order valence-corrected chi connectivity index (χ1v) is 5.40. The summed E-state index contributed by atoms with van der Waals surface area (Å²) in [6, 6.07) is 0. The van der Waals surface area contributed by atoms with Crippen molar-refractivity contribution < 1.29 is 19.2 Å². The zero-order valence-electron chi connectivity index (χ0n) is 10.5. The summed E-state index contributed by atoms with van der Waals surface area (Å²) in [5.41, 5.74) is 0.213. The van der Waals surface area contributed by atoms with E-state index in [1.165, 1.54) is 13.8 Å². The number of hydrogen-bond acceptors (Lipinski definition) is 5. The van der Waals surface area contributed by atoms with Crippen molar-refractivity contribution in [2.75, 3.05) is 6.54 Å². The molecule has 7 heteroatoms. The Kier molecular flexibility index (Phi) is 4.59. The topological polar surface area (TPSA) is 105 Å². The zero-order valence-corrected chi connectivity index (χ0v) is 10.5. The van der Waals surface area contributed by atoms with Crippen LogP contribution in [0.4, 0.5) is 0 Å². The van der Waals surface area contributed by atoms with Crippen molar-refractivity contribution in [1.82, 2.24) is 15.5 Å². The van der Waals surface area contributed by atoms with Gasteiger partial charge in [-0.1, -0.05) is 5.16 Å². The van der Waals surface area contributed by atoms with Gasteiger partial charge in [0, 0.05) is 24.1 Å². The minimum Gasteiger partial charge on any atom is -0.478 e. The average Bonchev–Trinajstić information content (AvgIpc) is 2.72. The Morgan fingerprint density at radius 3 is 2.50 bits per heavy atom. The van der Waals surface area contributed by atoms with Crippen molar-refractivity contribution in [1.29, 1.82) is 0 Å². The number of carboxylic acid groups (broad SMARTS) is 1. The monoisotopic (exact) mass is 253 g/mol. The van der Waals surface area contributed by atoms with Gasteiger partial charge >= 0.3 is 5.97 Å². The highest BCUT2D eigenvalue weighted by Crippen LogP contribution is 2.03. The van der Waals surface area contributed by atoms with Gasteiger partial charge in [0.1, 0.15) is 0 Å². The molecule has 0 aliphatic rings. The van der Waals surface area contributed by atoms with Crippen molar-refractivity contribution >= 4 is 11.9 Å². The van der Waals surface area contributed by atoms with Crippen LogP contribution in [0.5, 0.6) is 0 Å². The fourth-order valence-corrected chi connectivity index (χ4v) is 1.19. The first kappa shape index (κ1) is 13.9. The van der Waals surface area contributed by atoms with E-state index >= 15 is 0 Å². The molecule has 0 bridgehead atoms. The molecule has 0 spiro atoms. The summed E-state index contributed by atoms with van der Waals surface area (Å²) in [5.74, 6) is -0.542. The smallest absolute Gasteiger partial charge is 0.331 e. The minimum atomic E-state index is -1.10. The molecule has 0 aromatic carbocycles. The maximum Gasteiger partial charge on any atom is 0.331 e. The Labute approximate surface area is 104 Å². The van der Waals surface area contributed by atoms with E-state index < -0.39 is 11.9 Å². The molecule has 1 rings (SSSR count). The first-order valence-electron chi connectivity index (χ1n) is 5.40. The number of hydrogen-bond donors (Lipinski definition) is 2. The molecule has 1 aromatic rings. The van der Waals surface area contributed by atoms with Gasteiger partial charge in [-0.05, 0) is 20.8 Å². The Bertz CT molecular complexity index is 490.